The van der Waals surface area contributed by atoms with Crippen LogP contribution in [0.1, 0.15) is 33.9 Å². The molecule has 5 nitrogen and oxygen atoms in total. The van der Waals surface area contributed by atoms with Gasteiger partial charge in [0.1, 0.15) is 11.4 Å². The number of benzene rings is 3. The fraction of sp³-hybridized carbons (Fsp3) is 0.172. The molecule has 3 aromatic carbocycles. The molecule has 170 valence electrons. The highest BCUT2D eigenvalue weighted by Gasteiger charge is 2.19. The molecule has 0 saturated carbocycles. The van der Waals surface area contributed by atoms with E-state index < -0.39 is 5.97 Å². The smallest absolute Gasteiger partial charge is 0.352 e. The van der Waals surface area contributed by atoms with Crippen LogP contribution in [0.3, 0.4) is 0 Å². The standard InChI is InChI=1S/C29H26N2O3/c1-18-15-16-21(19(2)30-18)23-11-6-12-24-25(28(29(32)33)31-27(23)24)13-7-17-34-26-14-5-9-20-8-3-4-10-22(20)26/h3-6,8-12,14-16,31H,7,13,17H2,1-2H3,(H,32,33). The summed E-state index contributed by atoms with van der Waals surface area (Å²) < 4.78 is 6.08. The van der Waals surface area contributed by atoms with Gasteiger partial charge in [0, 0.05) is 33.3 Å². The third-order valence-electron chi connectivity index (χ3n) is 6.25. The largest absolute Gasteiger partial charge is 0.493 e. The Morgan fingerprint density at radius 3 is 2.50 bits per heavy atom. The summed E-state index contributed by atoms with van der Waals surface area (Å²) >= 11 is 0. The minimum absolute atomic E-state index is 0.241. The van der Waals surface area contributed by atoms with Crippen molar-refractivity contribution in [3.05, 3.63) is 95.4 Å². The molecule has 34 heavy (non-hydrogen) atoms. The lowest BCUT2D eigenvalue weighted by Crippen LogP contribution is -2.04. The molecule has 0 atom stereocenters. The molecule has 0 fully saturated rings. The van der Waals surface area contributed by atoms with Crippen LogP contribution >= 0.6 is 0 Å². The molecular weight excluding hydrogens is 424 g/mol. The fourth-order valence-electron chi connectivity index (χ4n) is 4.66. The lowest BCUT2D eigenvalue weighted by Gasteiger charge is -2.10. The molecule has 0 radical (unpaired) electrons. The number of pyridine rings is 1. The molecule has 0 unspecified atom stereocenters. The van der Waals surface area contributed by atoms with Crippen LogP contribution in [0.15, 0.2) is 72.8 Å². The number of para-hydroxylation sites is 1. The number of rotatable bonds is 7. The maximum Gasteiger partial charge on any atom is 0.352 e. The van der Waals surface area contributed by atoms with Crippen LogP contribution in [-0.4, -0.2) is 27.7 Å². The quantitative estimate of drug-likeness (QED) is 0.270. The monoisotopic (exact) mass is 450 g/mol. The second kappa shape index (κ2) is 9.02. The average molecular weight is 451 g/mol. The maximum atomic E-state index is 12.1. The second-order valence-corrected chi connectivity index (χ2v) is 8.53. The minimum atomic E-state index is -0.953. The van der Waals surface area contributed by atoms with E-state index in [0.29, 0.717) is 19.4 Å². The van der Waals surface area contributed by atoms with Gasteiger partial charge in [-0.2, -0.15) is 0 Å². The van der Waals surface area contributed by atoms with E-state index in [1.165, 1.54) is 0 Å². The first-order valence-electron chi connectivity index (χ1n) is 11.4. The number of H-pyrrole nitrogens is 1. The van der Waals surface area contributed by atoms with Gasteiger partial charge in [-0.3, -0.25) is 4.98 Å². The number of aromatic amines is 1. The van der Waals surface area contributed by atoms with Gasteiger partial charge < -0.3 is 14.8 Å². The molecule has 5 heteroatoms. The van der Waals surface area contributed by atoms with E-state index in [2.05, 4.69) is 28.2 Å². The molecule has 0 bridgehead atoms. The molecule has 5 aromatic rings. The van der Waals surface area contributed by atoms with Gasteiger partial charge in [-0.15, -0.1) is 0 Å². The normalized spacial score (nSPS) is 11.2. The summed E-state index contributed by atoms with van der Waals surface area (Å²) in [6.07, 6.45) is 1.30. The maximum absolute atomic E-state index is 12.1. The highest BCUT2D eigenvalue weighted by molar-refractivity contribution is 6.03. The van der Waals surface area contributed by atoms with Crippen molar-refractivity contribution in [2.45, 2.75) is 26.7 Å². The Morgan fingerprint density at radius 2 is 1.68 bits per heavy atom. The second-order valence-electron chi connectivity index (χ2n) is 8.53. The molecule has 0 saturated heterocycles. The van der Waals surface area contributed by atoms with E-state index >= 15 is 0 Å². The first-order valence-corrected chi connectivity index (χ1v) is 11.4. The Labute approximate surface area is 198 Å². The number of nitrogens with one attached hydrogen (secondary N) is 1. The van der Waals surface area contributed by atoms with Crippen molar-refractivity contribution in [2.24, 2.45) is 0 Å². The Hall–Kier alpha value is -4.12. The zero-order chi connectivity index (χ0) is 23.7. The van der Waals surface area contributed by atoms with Crippen LogP contribution in [0.5, 0.6) is 5.75 Å². The Morgan fingerprint density at radius 1 is 0.912 bits per heavy atom. The van der Waals surface area contributed by atoms with Crippen molar-refractivity contribution < 1.29 is 14.6 Å². The number of nitrogens with zero attached hydrogens (tertiary/aromatic N) is 1. The molecule has 0 aliphatic rings. The number of carboxylic acids is 1. The zero-order valence-electron chi connectivity index (χ0n) is 19.3. The first kappa shape index (κ1) is 21.7. The number of carbonyl (C=O) groups is 1. The molecule has 2 aromatic heterocycles. The molecule has 2 heterocycles. The van der Waals surface area contributed by atoms with Crippen LogP contribution < -0.4 is 4.74 Å². The molecule has 0 amide bonds. The molecule has 5 rings (SSSR count). The van der Waals surface area contributed by atoms with Gasteiger partial charge in [0.05, 0.1) is 12.1 Å². The van der Waals surface area contributed by atoms with Crippen LogP contribution in [0.2, 0.25) is 0 Å². The number of aromatic nitrogens is 2. The predicted octanol–water partition coefficient (Wildman–Crippen LogP) is 6.71. The van der Waals surface area contributed by atoms with Crippen molar-refractivity contribution in [1.29, 1.82) is 0 Å². The van der Waals surface area contributed by atoms with Crippen LogP contribution in [0.25, 0.3) is 32.8 Å². The van der Waals surface area contributed by atoms with Crippen molar-refractivity contribution in [1.82, 2.24) is 9.97 Å². The van der Waals surface area contributed by atoms with Gasteiger partial charge in [-0.25, -0.2) is 4.79 Å². The highest BCUT2D eigenvalue weighted by atomic mass is 16.5. The Balaban J connectivity index is 1.42. The Bertz CT molecular complexity index is 1510. The van der Waals surface area contributed by atoms with Gasteiger partial charge in [0.2, 0.25) is 0 Å². The molecule has 2 N–H and O–H groups in total. The van der Waals surface area contributed by atoms with E-state index in [1.807, 2.05) is 68.4 Å². The number of aromatic carboxylic acids is 1. The number of aryl methyl sites for hydroxylation is 3. The summed E-state index contributed by atoms with van der Waals surface area (Å²) in [6.45, 7) is 4.45. The third-order valence-corrected chi connectivity index (χ3v) is 6.25. The summed E-state index contributed by atoms with van der Waals surface area (Å²) in [5.41, 5.74) is 5.72. The summed E-state index contributed by atoms with van der Waals surface area (Å²) in [5.74, 6) is -0.106. The van der Waals surface area contributed by atoms with Crippen molar-refractivity contribution in [3.63, 3.8) is 0 Å². The van der Waals surface area contributed by atoms with E-state index in [1.54, 1.807) is 0 Å². The molecule has 0 spiro atoms. The summed E-state index contributed by atoms with van der Waals surface area (Å²) in [5, 5.41) is 13.0. The van der Waals surface area contributed by atoms with E-state index in [-0.39, 0.29) is 5.69 Å². The van der Waals surface area contributed by atoms with E-state index in [9.17, 15) is 9.90 Å². The first-order chi connectivity index (χ1) is 16.5. The molecular formula is C29H26N2O3. The number of hydrogen-bond donors (Lipinski definition) is 2. The molecule has 0 aliphatic heterocycles. The van der Waals surface area contributed by atoms with Crippen molar-refractivity contribution in [2.75, 3.05) is 6.61 Å². The van der Waals surface area contributed by atoms with Gasteiger partial charge in [0.15, 0.2) is 0 Å². The number of fused-ring (bicyclic) bond motifs is 2. The minimum Gasteiger partial charge on any atom is -0.493 e. The highest BCUT2D eigenvalue weighted by Crippen LogP contribution is 2.34. The van der Waals surface area contributed by atoms with Gasteiger partial charge >= 0.3 is 5.97 Å². The zero-order valence-corrected chi connectivity index (χ0v) is 19.3. The van der Waals surface area contributed by atoms with Crippen molar-refractivity contribution >= 4 is 27.6 Å². The average Bonchev–Trinajstić information content (AvgIpc) is 3.21. The predicted molar refractivity (Wildman–Crippen MR) is 136 cm³/mol. The molecule has 0 aliphatic carbocycles. The topological polar surface area (TPSA) is 75.2 Å². The van der Waals surface area contributed by atoms with Crippen LogP contribution in [0, 0.1) is 13.8 Å². The van der Waals surface area contributed by atoms with Gasteiger partial charge in [0.25, 0.3) is 0 Å². The summed E-state index contributed by atoms with van der Waals surface area (Å²) in [4.78, 5) is 19.8. The fourth-order valence-corrected chi connectivity index (χ4v) is 4.66. The van der Waals surface area contributed by atoms with Crippen molar-refractivity contribution in [3.8, 4) is 16.9 Å². The van der Waals surface area contributed by atoms with E-state index in [4.69, 9.17) is 4.74 Å². The Kier molecular flexibility index (Phi) is 5.76. The van der Waals surface area contributed by atoms with Crippen LogP contribution in [0.4, 0.5) is 0 Å². The number of hydrogen-bond acceptors (Lipinski definition) is 3. The third kappa shape index (κ3) is 4.01. The SMILES string of the molecule is Cc1ccc(-c2cccc3c(CCCOc4cccc5ccccc45)c(C(=O)O)[nH]c23)c(C)n1. The van der Waals surface area contributed by atoms with Crippen LogP contribution in [-0.2, 0) is 6.42 Å². The summed E-state index contributed by atoms with van der Waals surface area (Å²) in [6, 6.07) is 24.2. The summed E-state index contributed by atoms with van der Waals surface area (Å²) in [7, 11) is 0. The van der Waals surface area contributed by atoms with Gasteiger partial charge in [-0.1, -0.05) is 60.7 Å². The van der Waals surface area contributed by atoms with E-state index in [0.717, 1.165) is 55.5 Å². The number of carboxylic acid groups (broad SMARTS) is 1. The lowest BCUT2D eigenvalue weighted by molar-refractivity contribution is 0.0690. The van der Waals surface area contributed by atoms with Gasteiger partial charge in [-0.05, 0) is 49.8 Å². The number of ether oxygens (including phenoxy) is 1. The lowest BCUT2D eigenvalue weighted by atomic mass is 9.99.